The predicted molar refractivity (Wildman–Crippen MR) is 68.3 cm³/mol. The number of hydrogen-bond acceptors (Lipinski definition) is 4. The molecule has 0 N–H and O–H groups in total. The number of rotatable bonds is 3. The third kappa shape index (κ3) is 4.60. The minimum atomic E-state index is -5.19. The van der Waals surface area contributed by atoms with Crippen LogP contribution in [-0.4, -0.2) is 37.1 Å². The molecule has 0 aliphatic carbocycles. The van der Waals surface area contributed by atoms with Crippen LogP contribution in [0.5, 0.6) is 0 Å². The summed E-state index contributed by atoms with van der Waals surface area (Å²) in [6.07, 6.45) is -8.26. The number of carbonyl (C=O) groups excluding carboxylic acids is 1. The maximum Gasteiger partial charge on any atom is 0.433 e. The van der Waals surface area contributed by atoms with Crippen molar-refractivity contribution in [1.29, 1.82) is 0 Å². The number of carbonyl (C=O) groups is 1. The molecule has 0 atom stereocenters. The third-order valence-electron chi connectivity index (χ3n) is 2.56. The molecule has 1 heterocycles. The van der Waals surface area contributed by atoms with Gasteiger partial charge in [-0.05, 0) is 12.1 Å². The molecule has 1 rings (SSSR count). The molecule has 10 heteroatoms. The van der Waals surface area contributed by atoms with Gasteiger partial charge in [0.25, 0.3) is 0 Å². The Balaban J connectivity index is 3.77. The molecule has 0 radical (unpaired) electrons. The molecule has 0 aliphatic heterocycles. The van der Waals surface area contributed by atoms with Crippen LogP contribution in [0.15, 0.2) is 12.3 Å². The number of ether oxygens (including phenoxy) is 1. The zero-order valence-electron chi connectivity index (χ0n) is 12.2. The Morgan fingerprint density at radius 1 is 1.17 bits per heavy atom. The van der Waals surface area contributed by atoms with Crippen molar-refractivity contribution in [3.05, 3.63) is 34.8 Å². The lowest BCUT2D eigenvalue weighted by atomic mass is 10.0. The van der Waals surface area contributed by atoms with Crippen LogP contribution in [0.3, 0.4) is 0 Å². The topological polar surface area (TPSA) is 42.4 Å². The van der Waals surface area contributed by atoms with E-state index in [0.717, 1.165) is 19.4 Å². The first-order valence-corrected chi connectivity index (χ1v) is 6.00. The van der Waals surface area contributed by atoms with E-state index in [4.69, 9.17) is 0 Å². The van der Waals surface area contributed by atoms with Crippen molar-refractivity contribution in [3.63, 3.8) is 0 Å². The summed E-state index contributed by atoms with van der Waals surface area (Å²) in [5.74, 6) is -1.43. The number of halogens is 6. The Morgan fingerprint density at radius 3 is 2.13 bits per heavy atom. The lowest BCUT2D eigenvalue weighted by molar-refractivity contribution is -0.145. The van der Waals surface area contributed by atoms with Crippen LogP contribution in [-0.2, 0) is 17.1 Å². The fourth-order valence-corrected chi connectivity index (χ4v) is 1.59. The number of nitrogens with zero attached hydrogens (tertiary/aromatic N) is 2. The number of esters is 1. The Morgan fingerprint density at radius 2 is 1.74 bits per heavy atom. The highest BCUT2D eigenvalue weighted by atomic mass is 19.4. The zero-order chi connectivity index (χ0) is 18.0. The molecule has 0 aliphatic rings. The van der Waals surface area contributed by atoms with Crippen LogP contribution in [0.1, 0.15) is 27.3 Å². The van der Waals surface area contributed by atoms with Gasteiger partial charge in [-0.3, -0.25) is 0 Å². The molecule has 23 heavy (non-hydrogen) atoms. The van der Waals surface area contributed by atoms with E-state index in [1.807, 2.05) is 0 Å². The molecule has 0 saturated carbocycles. The molecule has 128 valence electrons. The summed E-state index contributed by atoms with van der Waals surface area (Å²) in [5, 5.41) is 0. The van der Waals surface area contributed by atoms with Gasteiger partial charge < -0.3 is 9.64 Å². The van der Waals surface area contributed by atoms with Crippen molar-refractivity contribution in [2.45, 2.75) is 12.4 Å². The lowest BCUT2D eigenvalue weighted by Gasteiger charge is -2.16. The van der Waals surface area contributed by atoms with Crippen molar-refractivity contribution < 1.29 is 35.9 Å². The normalized spacial score (nSPS) is 12.6. The van der Waals surface area contributed by atoms with Crippen LogP contribution >= 0.6 is 0 Å². The van der Waals surface area contributed by atoms with Gasteiger partial charge in [0, 0.05) is 20.3 Å². The Hall–Kier alpha value is -2.26. The highest BCUT2D eigenvalue weighted by Gasteiger charge is 2.42. The van der Waals surface area contributed by atoms with E-state index in [2.05, 4.69) is 9.72 Å². The van der Waals surface area contributed by atoms with Gasteiger partial charge in [-0.2, -0.15) is 26.3 Å². The summed E-state index contributed by atoms with van der Waals surface area (Å²) < 4.78 is 81.7. The first-order valence-electron chi connectivity index (χ1n) is 6.00. The van der Waals surface area contributed by atoms with Crippen molar-refractivity contribution >= 4 is 12.0 Å². The van der Waals surface area contributed by atoms with E-state index in [9.17, 15) is 31.1 Å². The highest BCUT2D eigenvalue weighted by Crippen LogP contribution is 2.38. The second-order valence-electron chi connectivity index (χ2n) is 4.58. The van der Waals surface area contributed by atoms with Gasteiger partial charge in [0.2, 0.25) is 0 Å². The average Bonchev–Trinajstić information content (AvgIpc) is 2.41. The van der Waals surface area contributed by atoms with Gasteiger partial charge in [0.15, 0.2) is 0 Å². The number of hydrogen-bond donors (Lipinski definition) is 0. The van der Waals surface area contributed by atoms with E-state index in [0.29, 0.717) is 0 Å². The fourth-order valence-electron chi connectivity index (χ4n) is 1.59. The number of methoxy groups -OCH3 is 1. The van der Waals surface area contributed by atoms with Crippen molar-refractivity contribution in [3.8, 4) is 0 Å². The molecule has 0 fully saturated rings. The molecule has 0 bridgehead atoms. The van der Waals surface area contributed by atoms with Crippen LogP contribution in [0.25, 0.3) is 6.08 Å². The molecule has 0 unspecified atom stereocenters. The number of aromatic nitrogens is 1. The van der Waals surface area contributed by atoms with Gasteiger partial charge in [-0.1, -0.05) is 0 Å². The van der Waals surface area contributed by atoms with E-state index >= 15 is 0 Å². The second-order valence-corrected chi connectivity index (χ2v) is 4.58. The van der Waals surface area contributed by atoms with Crippen LogP contribution < -0.4 is 0 Å². The van der Waals surface area contributed by atoms with Crippen LogP contribution in [0, 0.1) is 0 Å². The summed E-state index contributed by atoms with van der Waals surface area (Å²) in [7, 11) is 3.80. The molecular weight excluding hydrogens is 330 g/mol. The van der Waals surface area contributed by atoms with Crippen LogP contribution in [0.4, 0.5) is 26.3 Å². The summed E-state index contributed by atoms with van der Waals surface area (Å²) in [6.45, 7) is 0. The summed E-state index contributed by atoms with van der Waals surface area (Å²) in [5.41, 5.74) is -5.38. The predicted octanol–water partition coefficient (Wildman–Crippen LogP) is 3.44. The van der Waals surface area contributed by atoms with Gasteiger partial charge in [-0.15, -0.1) is 0 Å². The maximum absolute atomic E-state index is 13.1. The third-order valence-corrected chi connectivity index (χ3v) is 2.56. The Labute approximate surface area is 127 Å². The summed E-state index contributed by atoms with van der Waals surface area (Å²) >= 11 is 0. The monoisotopic (exact) mass is 342 g/mol. The average molecular weight is 342 g/mol. The maximum atomic E-state index is 13.1. The lowest BCUT2D eigenvalue weighted by Crippen LogP contribution is -2.20. The van der Waals surface area contributed by atoms with Crippen molar-refractivity contribution in [2.75, 3.05) is 21.2 Å². The van der Waals surface area contributed by atoms with E-state index < -0.39 is 40.8 Å². The Bertz CT molecular complexity index is 620. The first kappa shape index (κ1) is 18.8. The van der Waals surface area contributed by atoms with Crippen LogP contribution in [0.2, 0.25) is 0 Å². The second kappa shape index (κ2) is 6.47. The van der Waals surface area contributed by atoms with Gasteiger partial charge >= 0.3 is 18.3 Å². The van der Waals surface area contributed by atoms with E-state index in [-0.39, 0.29) is 6.07 Å². The molecule has 1 aromatic heterocycles. The van der Waals surface area contributed by atoms with Gasteiger partial charge in [0.05, 0.1) is 23.9 Å². The van der Waals surface area contributed by atoms with Crippen molar-refractivity contribution in [1.82, 2.24) is 9.88 Å². The van der Waals surface area contributed by atoms with E-state index in [1.165, 1.54) is 19.0 Å². The molecule has 1 aromatic rings. The molecule has 0 saturated heterocycles. The van der Waals surface area contributed by atoms with Gasteiger partial charge in [0.1, 0.15) is 5.69 Å². The summed E-state index contributed by atoms with van der Waals surface area (Å²) in [6, 6.07) is -0.209. The molecule has 0 aromatic carbocycles. The standard InChI is InChI=1S/C13H12F6N2O2/c1-21(2)5-4-8-10(11(22)23-3)7(12(14,15)16)6-9(20-8)13(17,18)19/h4-6H,1-3H3/b5-4+. The zero-order valence-corrected chi connectivity index (χ0v) is 12.2. The minimum absolute atomic E-state index is 0.209. The van der Waals surface area contributed by atoms with Crippen molar-refractivity contribution in [2.24, 2.45) is 0 Å². The first-order chi connectivity index (χ1) is 10.4. The largest absolute Gasteiger partial charge is 0.465 e. The Kier molecular flexibility index (Phi) is 5.28. The molecule has 0 spiro atoms. The van der Waals surface area contributed by atoms with Gasteiger partial charge in [-0.25, -0.2) is 9.78 Å². The molecule has 4 nitrogen and oxygen atoms in total. The number of alkyl halides is 6. The SMILES string of the molecule is COC(=O)c1c(C(F)(F)F)cc(C(F)(F)F)nc1/C=C/N(C)C. The van der Waals surface area contributed by atoms with E-state index in [1.54, 1.807) is 0 Å². The smallest absolute Gasteiger partial charge is 0.433 e. The highest BCUT2D eigenvalue weighted by molar-refractivity contribution is 5.94. The molecule has 0 amide bonds. The molecular formula is C13H12F6N2O2. The summed E-state index contributed by atoms with van der Waals surface area (Å²) in [4.78, 5) is 16.1. The minimum Gasteiger partial charge on any atom is -0.465 e. The fraction of sp³-hybridized carbons (Fsp3) is 0.385. The number of pyridine rings is 1. The quantitative estimate of drug-likeness (QED) is 0.623.